The summed E-state index contributed by atoms with van der Waals surface area (Å²) in [5, 5.41) is 6.48. The van der Waals surface area contributed by atoms with Crippen LogP contribution in [-0.2, 0) is 4.79 Å². The number of hydrogen-bond acceptors (Lipinski definition) is 4. The van der Waals surface area contributed by atoms with E-state index in [9.17, 15) is 14.4 Å². The van der Waals surface area contributed by atoms with Gasteiger partial charge in [-0.1, -0.05) is 18.2 Å². The zero-order valence-corrected chi connectivity index (χ0v) is 18.6. The second kappa shape index (κ2) is 9.64. The van der Waals surface area contributed by atoms with Gasteiger partial charge in [0.15, 0.2) is 0 Å². The number of ether oxygens (including phenoxy) is 1. The van der Waals surface area contributed by atoms with E-state index in [1.807, 2.05) is 30.3 Å². The summed E-state index contributed by atoms with van der Waals surface area (Å²) in [6, 6.07) is 15.5. The fourth-order valence-corrected chi connectivity index (χ4v) is 3.74. The Morgan fingerprint density at radius 2 is 1.64 bits per heavy atom. The molecule has 2 aromatic carbocycles. The highest BCUT2D eigenvalue weighted by Gasteiger charge is 2.27. The van der Waals surface area contributed by atoms with Crippen LogP contribution in [-0.4, -0.2) is 72.0 Å². The van der Waals surface area contributed by atoms with Crippen molar-refractivity contribution in [2.75, 3.05) is 38.6 Å². The van der Waals surface area contributed by atoms with Gasteiger partial charge in [-0.3, -0.25) is 9.59 Å². The number of fused-ring (bicyclic) bond motifs is 1. The minimum atomic E-state index is -0.717. The molecule has 4 rings (SSSR count). The van der Waals surface area contributed by atoms with Gasteiger partial charge in [0.1, 0.15) is 17.5 Å². The lowest BCUT2D eigenvalue weighted by atomic mass is 10.2. The lowest BCUT2D eigenvalue weighted by Gasteiger charge is -2.35. The van der Waals surface area contributed by atoms with E-state index in [2.05, 4.69) is 15.6 Å². The maximum absolute atomic E-state index is 12.8. The van der Waals surface area contributed by atoms with Crippen molar-refractivity contribution in [2.24, 2.45) is 0 Å². The number of nitrogens with zero attached hydrogens (tertiary/aromatic N) is 2. The second-order valence-corrected chi connectivity index (χ2v) is 7.94. The van der Waals surface area contributed by atoms with Gasteiger partial charge in [-0.25, -0.2) is 4.79 Å². The number of aromatic amines is 1. The Bertz CT molecular complexity index is 1120. The van der Waals surface area contributed by atoms with Crippen molar-refractivity contribution in [1.29, 1.82) is 0 Å². The van der Waals surface area contributed by atoms with Crippen molar-refractivity contribution in [3.05, 3.63) is 60.3 Å². The zero-order valence-electron chi connectivity index (χ0n) is 18.6. The molecule has 0 saturated carbocycles. The minimum Gasteiger partial charge on any atom is -0.497 e. The first-order valence-electron chi connectivity index (χ1n) is 10.8. The number of urea groups is 1. The first-order valence-corrected chi connectivity index (χ1v) is 10.8. The summed E-state index contributed by atoms with van der Waals surface area (Å²) in [5.74, 6) is 0.288. The molecule has 2 heterocycles. The van der Waals surface area contributed by atoms with Gasteiger partial charge in [-0.15, -0.1) is 0 Å². The summed E-state index contributed by atoms with van der Waals surface area (Å²) in [4.78, 5) is 44.4. The average Bonchev–Trinajstić information content (AvgIpc) is 3.28. The van der Waals surface area contributed by atoms with Crippen molar-refractivity contribution < 1.29 is 19.1 Å². The number of H-pyrrole nitrogens is 1. The van der Waals surface area contributed by atoms with E-state index in [1.54, 1.807) is 48.1 Å². The number of carbonyl (C=O) groups is 3. The second-order valence-electron chi connectivity index (χ2n) is 7.94. The van der Waals surface area contributed by atoms with Gasteiger partial charge in [0.2, 0.25) is 5.91 Å². The molecule has 0 spiro atoms. The molecule has 3 aromatic rings. The normalized spacial score (nSPS) is 14.6. The standard InChI is InChI=1S/C24H27N5O4/c1-16(22(30)26-18-7-9-19(33-2)10-8-18)25-24(32)29-13-11-28(12-14-29)23(31)21-15-17-5-3-4-6-20(17)27-21/h3-10,15-16,27H,11-14H2,1-2H3,(H,25,32)(H,26,30)/t16-/m0/s1. The van der Waals surface area contributed by atoms with Gasteiger partial charge in [-0.05, 0) is 43.3 Å². The first kappa shape index (κ1) is 22.2. The molecule has 1 fully saturated rings. The van der Waals surface area contributed by atoms with E-state index < -0.39 is 6.04 Å². The zero-order chi connectivity index (χ0) is 23.4. The number of amides is 4. The number of benzene rings is 2. The van der Waals surface area contributed by atoms with Crippen LogP contribution in [0.4, 0.5) is 10.5 Å². The van der Waals surface area contributed by atoms with Gasteiger partial charge in [0.05, 0.1) is 7.11 Å². The third-order valence-electron chi connectivity index (χ3n) is 5.71. The SMILES string of the molecule is COc1ccc(NC(=O)[C@H](C)NC(=O)N2CCN(C(=O)c3cc4ccccc4[nH]3)CC2)cc1. The molecule has 0 bridgehead atoms. The largest absolute Gasteiger partial charge is 0.497 e. The highest BCUT2D eigenvalue weighted by molar-refractivity contribution is 5.98. The van der Waals surface area contributed by atoms with E-state index in [1.165, 1.54) is 0 Å². The van der Waals surface area contributed by atoms with E-state index in [0.29, 0.717) is 43.3 Å². The molecule has 1 atom stereocenters. The predicted octanol–water partition coefficient (Wildman–Crippen LogP) is 2.67. The van der Waals surface area contributed by atoms with Crippen molar-refractivity contribution in [2.45, 2.75) is 13.0 Å². The molecule has 1 saturated heterocycles. The average molecular weight is 450 g/mol. The Labute approximate surface area is 191 Å². The summed E-state index contributed by atoms with van der Waals surface area (Å²) in [5.41, 5.74) is 2.07. The summed E-state index contributed by atoms with van der Waals surface area (Å²) in [6.45, 7) is 3.27. The fourth-order valence-electron chi connectivity index (χ4n) is 3.74. The van der Waals surface area contributed by atoms with E-state index in [-0.39, 0.29) is 17.8 Å². The predicted molar refractivity (Wildman–Crippen MR) is 125 cm³/mol. The number of hydrogen-bond donors (Lipinski definition) is 3. The molecule has 0 radical (unpaired) electrons. The number of piperazine rings is 1. The number of rotatable bonds is 5. The van der Waals surface area contributed by atoms with Crippen molar-refractivity contribution in [3.63, 3.8) is 0 Å². The first-order chi connectivity index (χ1) is 15.9. The molecule has 0 aliphatic carbocycles. The molecular formula is C24H27N5O4. The Balaban J connectivity index is 1.26. The van der Waals surface area contributed by atoms with Crippen LogP contribution < -0.4 is 15.4 Å². The molecule has 172 valence electrons. The number of carbonyl (C=O) groups excluding carboxylic acids is 3. The molecule has 1 aromatic heterocycles. The lowest BCUT2D eigenvalue weighted by molar-refractivity contribution is -0.117. The van der Waals surface area contributed by atoms with Crippen LogP contribution in [0.1, 0.15) is 17.4 Å². The summed E-state index contributed by atoms with van der Waals surface area (Å²) >= 11 is 0. The highest BCUT2D eigenvalue weighted by atomic mass is 16.5. The van der Waals surface area contributed by atoms with Crippen LogP contribution in [0.3, 0.4) is 0 Å². The number of para-hydroxylation sites is 1. The van der Waals surface area contributed by atoms with Crippen LogP contribution in [0, 0.1) is 0 Å². The fraction of sp³-hybridized carbons (Fsp3) is 0.292. The Morgan fingerprint density at radius 1 is 0.970 bits per heavy atom. The van der Waals surface area contributed by atoms with Crippen LogP contribution in [0.25, 0.3) is 10.9 Å². The van der Waals surface area contributed by atoms with Gasteiger partial charge in [0.25, 0.3) is 5.91 Å². The summed E-state index contributed by atoms with van der Waals surface area (Å²) in [6.07, 6.45) is 0. The van der Waals surface area contributed by atoms with Gasteiger partial charge < -0.3 is 30.2 Å². The van der Waals surface area contributed by atoms with Crippen LogP contribution >= 0.6 is 0 Å². The van der Waals surface area contributed by atoms with Crippen molar-refractivity contribution in [1.82, 2.24) is 20.1 Å². The van der Waals surface area contributed by atoms with E-state index in [0.717, 1.165) is 10.9 Å². The minimum absolute atomic E-state index is 0.0847. The van der Waals surface area contributed by atoms with Crippen LogP contribution in [0.15, 0.2) is 54.6 Å². The van der Waals surface area contributed by atoms with E-state index >= 15 is 0 Å². The molecular weight excluding hydrogens is 422 g/mol. The van der Waals surface area contributed by atoms with Gasteiger partial charge in [-0.2, -0.15) is 0 Å². The lowest BCUT2D eigenvalue weighted by Crippen LogP contribution is -2.55. The van der Waals surface area contributed by atoms with Crippen molar-refractivity contribution >= 4 is 34.4 Å². The highest BCUT2D eigenvalue weighted by Crippen LogP contribution is 2.17. The molecule has 9 nitrogen and oxygen atoms in total. The topological polar surface area (TPSA) is 107 Å². The third kappa shape index (κ3) is 5.08. The van der Waals surface area contributed by atoms with Crippen LogP contribution in [0.5, 0.6) is 5.75 Å². The molecule has 33 heavy (non-hydrogen) atoms. The quantitative estimate of drug-likeness (QED) is 0.557. The number of aromatic nitrogens is 1. The summed E-state index contributed by atoms with van der Waals surface area (Å²) in [7, 11) is 1.57. The van der Waals surface area contributed by atoms with Gasteiger partial charge in [0, 0.05) is 42.8 Å². The number of nitrogens with one attached hydrogen (secondary N) is 3. The molecule has 1 aliphatic heterocycles. The maximum atomic E-state index is 12.8. The Kier molecular flexibility index (Phi) is 6.48. The molecule has 4 amide bonds. The third-order valence-corrected chi connectivity index (χ3v) is 5.71. The molecule has 9 heteroatoms. The number of methoxy groups -OCH3 is 1. The van der Waals surface area contributed by atoms with Crippen LogP contribution in [0.2, 0.25) is 0 Å². The van der Waals surface area contributed by atoms with Crippen molar-refractivity contribution in [3.8, 4) is 5.75 Å². The molecule has 1 aliphatic rings. The molecule has 3 N–H and O–H groups in total. The monoisotopic (exact) mass is 449 g/mol. The summed E-state index contributed by atoms with van der Waals surface area (Å²) < 4.78 is 5.10. The maximum Gasteiger partial charge on any atom is 0.318 e. The Morgan fingerprint density at radius 3 is 2.30 bits per heavy atom. The van der Waals surface area contributed by atoms with Gasteiger partial charge >= 0.3 is 6.03 Å². The number of anilines is 1. The molecule has 0 unspecified atom stereocenters. The smallest absolute Gasteiger partial charge is 0.318 e. The van der Waals surface area contributed by atoms with E-state index in [4.69, 9.17) is 4.74 Å². The Hall–Kier alpha value is -4.01.